The number of carbonyl (C=O) groups is 1. The summed E-state index contributed by atoms with van der Waals surface area (Å²) in [5.74, 6) is 1.25. The molecule has 0 fully saturated rings. The number of hydrogen-bond donors (Lipinski definition) is 1. The maximum absolute atomic E-state index is 11.1. The Kier molecular flexibility index (Phi) is 9.13. The molecule has 0 spiro atoms. The molecule has 0 atom stereocenters. The highest BCUT2D eigenvalue weighted by Crippen LogP contribution is 2.05. The van der Waals surface area contributed by atoms with E-state index in [1.54, 1.807) is 0 Å². The summed E-state index contributed by atoms with van der Waals surface area (Å²) in [6.07, 6.45) is 7.26. The lowest BCUT2D eigenvalue weighted by Crippen LogP contribution is -1.97. The molecular weight excluding hydrogens is 168 g/mol. The van der Waals surface area contributed by atoms with Crippen molar-refractivity contribution in [2.75, 3.05) is 5.75 Å². The number of unbranched alkanes of at least 4 members (excludes halogenated alkanes) is 3. The summed E-state index contributed by atoms with van der Waals surface area (Å²) in [7, 11) is 0. The van der Waals surface area contributed by atoms with Gasteiger partial charge in [-0.05, 0) is 18.6 Å². The van der Waals surface area contributed by atoms with Crippen molar-refractivity contribution in [3.63, 3.8) is 0 Å². The molecular formula is C10H20OS. The van der Waals surface area contributed by atoms with Crippen LogP contribution in [-0.2, 0) is 4.79 Å². The number of thiol groups is 1. The van der Waals surface area contributed by atoms with Gasteiger partial charge in [-0.25, -0.2) is 0 Å². The van der Waals surface area contributed by atoms with E-state index in [1.165, 1.54) is 19.3 Å². The van der Waals surface area contributed by atoms with E-state index in [1.807, 2.05) is 0 Å². The lowest BCUT2D eigenvalue weighted by Gasteiger charge is -1.98. The van der Waals surface area contributed by atoms with Crippen molar-refractivity contribution in [3.8, 4) is 0 Å². The average Bonchev–Trinajstić information content (AvgIpc) is 2.09. The van der Waals surface area contributed by atoms with Gasteiger partial charge in [0.25, 0.3) is 0 Å². The summed E-state index contributed by atoms with van der Waals surface area (Å²) in [6.45, 7) is 2.18. The molecule has 0 aliphatic rings. The molecule has 0 saturated carbocycles. The SMILES string of the molecule is CCCCCCC(=O)CCCS. The molecule has 0 amide bonds. The first-order chi connectivity index (χ1) is 5.81. The van der Waals surface area contributed by atoms with Gasteiger partial charge in [0.1, 0.15) is 5.78 Å². The largest absolute Gasteiger partial charge is 0.300 e. The Morgan fingerprint density at radius 3 is 2.33 bits per heavy atom. The van der Waals surface area contributed by atoms with Crippen LogP contribution in [0.4, 0.5) is 0 Å². The standard InChI is InChI=1S/C10H20OS/c1-2-3-4-5-7-10(11)8-6-9-12/h12H,2-9H2,1H3. The third-order valence-corrected chi connectivity index (χ3v) is 2.24. The summed E-state index contributed by atoms with van der Waals surface area (Å²) in [5.41, 5.74) is 0. The first kappa shape index (κ1) is 12.0. The molecule has 0 aliphatic carbocycles. The molecule has 0 radical (unpaired) electrons. The molecule has 2 heteroatoms. The summed E-state index contributed by atoms with van der Waals surface area (Å²) in [6, 6.07) is 0. The summed E-state index contributed by atoms with van der Waals surface area (Å²) in [5, 5.41) is 0. The average molecular weight is 188 g/mol. The zero-order chi connectivity index (χ0) is 9.23. The van der Waals surface area contributed by atoms with Crippen molar-refractivity contribution in [2.45, 2.75) is 51.9 Å². The summed E-state index contributed by atoms with van der Waals surface area (Å²) in [4.78, 5) is 11.1. The number of ketones is 1. The molecule has 0 heterocycles. The zero-order valence-corrected chi connectivity index (χ0v) is 8.91. The van der Waals surface area contributed by atoms with E-state index in [4.69, 9.17) is 0 Å². The Labute approximate surface area is 81.3 Å². The molecule has 0 aliphatic heterocycles. The van der Waals surface area contributed by atoms with E-state index in [9.17, 15) is 4.79 Å². The van der Waals surface area contributed by atoms with E-state index in [0.29, 0.717) is 5.78 Å². The fourth-order valence-electron chi connectivity index (χ4n) is 1.15. The minimum absolute atomic E-state index is 0.417. The predicted octanol–water partition coefficient (Wildman–Crippen LogP) is 3.24. The van der Waals surface area contributed by atoms with Gasteiger partial charge in [-0.1, -0.05) is 26.2 Å². The molecule has 0 N–H and O–H groups in total. The van der Waals surface area contributed by atoms with Crippen molar-refractivity contribution in [1.29, 1.82) is 0 Å². The molecule has 0 rings (SSSR count). The van der Waals surface area contributed by atoms with Gasteiger partial charge in [0, 0.05) is 12.8 Å². The monoisotopic (exact) mass is 188 g/mol. The van der Waals surface area contributed by atoms with Gasteiger partial charge < -0.3 is 0 Å². The van der Waals surface area contributed by atoms with Gasteiger partial charge in [-0.3, -0.25) is 4.79 Å². The molecule has 0 unspecified atom stereocenters. The van der Waals surface area contributed by atoms with Crippen LogP contribution in [0.5, 0.6) is 0 Å². The lowest BCUT2D eigenvalue weighted by molar-refractivity contribution is -0.119. The van der Waals surface area contributed by atoms with E-state index >= 15 is 0 Å². The zero-order valence-electron chi connectivity index (χ0n) is 8.01. The Morgan fingerprint density at radius 1 is 1.08 bits per heavy atom. The molecule has 0 bridgehead atoms. The van der Waals surface area contributed by atoms with E-state index in [2.05, 4.69) is 19.6 Å². The van der Waals surface area contributed by atoms with Crippen LogP contribution in [0.25, 0.3) is 0 Å². The Bertz CT molecular complexity index is 112. The predicted molar refractivity (Wildman–Crippen MR) is 56.9 cm³/mol. The second kappa shape index (κ2) is 9.11. The smallest absolute Gasteiger partial charge is 0.132 e. The van der Waals surface area contributed by atoms with Gasteiger partial charge >= 0.3 is 0 Å². The quantitative estimate of drug-likeness (QED) is 0.457. The first-order valence-corrected chi connectivity index (χ1v) is 5.57. The molecule has 72 valence electrons. The van der Waals surface area contributed by atoms with Crippen LogP contribution < -0.4 is 0 Å². The van der Waals surface area contributed by atoms with Gasteiger partial charge in [-0.2, -0.15) is 12.6 Å². The van der Waals surface area contributed by atoms with Crippen LogP contribution in [0.2, 0.25) is 0 Å². The van der Waals surface area contributed by atoms with Crippen LogP contribution in [0, 0.1) is 0 Å². The van der Waals surface area contributed by atoms with Crippen molar-refractivity contribution in [3.05, 3.63) is 0 Å². The topological polar surface area (TPSA) is 17.1 Å². The van der Waals surface area contributed by atoms with Crippen molar-refractivity contribution in [1.82, 2.24) is 0 Å². The number of carbonyl (C=O) groups excluding carboxylic acids is 1. The van der Waals surface area contributed by atoms with Crippen molar-refractivity contribution < 1.29 is 4.79 Å². The number of rotatable bonds is 8. The van der Waals surface area contributed by atoms with E-state index < -0.39 is 0 Å². The minimum atomic E-state index is 0.417. The third kappa shape index (κ3) is 8.12. The van der Waals surface area contributed by atoms with Crippen LogP contribution in [-0.4, -0.2) is 11.5 Å². The number of hydrogen-bond acceptors (Lipinski definition) is 2. The van der Waals surface area contributed by atoms with Crippen molar-refractivity contribution >= 4 is 18.4 Å². The van der Waals surface area contributed by atoms with Crippen molar-refractivity contribution in [2.24, 2.45) is 0 Å². The normalized spacial score (nSPS) is 10.2. The fraction of sp³-hybridized carbons (Fsp3) is 0.900. The number of Topliss-reactive ketones (excluding diaryl/α,β-unsaturated/α-hetero) is 1. The van der Waals surface area contributed by atoms with Gasteiger partial charge in [0.15, 0.2) is 0 Å². The van der Waals surface area contributed by atoms with Gasteiger partial charge in [-0.15, -0.1) is 0 Å². The van der Waals surface area contributed by atoms with Gasteiger partial charge in [0.2, 0.25) is 0 Å². The maximum Gasteiger partial charge on any atom is 0.132 e. The van der Waals surface area contributed by atoms with Crippen LogP contribution in [0.3, 0.4) is 0 Å². The first-order valence-electron chi connectivity index (χ1n) is 4.93. The highest BCUT2D eigenvalue weighted by molar-refractivity contribution is 7.80. The van der Waals surface area contributed by atoms with E-state index in [0.717, 1.165) is 31.4 Å². The molecule has 0 aromatic rings. The Morgan fingerprint density at radius 2 is 1.75 bits per heavy atom. The maximum atomic E-state index is 11.1. The van der Waals surface area contributed by atoms with Crippen LogP contribution in [0.1, 0.15) is 51.9 Å². The molecule has 0 saturated heterocycles. The summed E-state index contributed by atoms with van der Waals surface area (Å²) >= 11 is 4.07. The minimum Gasteiger partial charge on any atom is -0.300 e. The van der Waals surface area contributed by atoms with Gasteiger partial charge in [0.05, 0.1) is 0 Å². The second-order valence-corrected chi connectivity index (χ2v) is 3.62. The highest BCUT2D eigenvalue weighted by Gasteiger charge is 1.99. The van der Waals surface area contributed by atoms with Crippen LogP contribution >= 0.6 is 12.6 Å². The lowest BCUT2D eigenvalue weighted by atomic mass is 10.1. The fourth-order valence-corrected chi connectivity index (χ4v) is 1.31. The Hall–Kier alpha value is 0.0200. The summed E-state index contributed by atoms with van der Waals surface area (Å²) < 4.78 is 0. The second-order valence-electron chi connectivity index (χ2n) is 3.18. The molecule has 0 aromatic carbocycles. The molecule has 0 aromatic heterocycles. The molecule has 12 heavy (non-hydrogen) atoms. The van der Waals surface area contributed by atoms with Crippen LogP contribution in [0.15, 0.2) is 0 Å². The third-order valence-electron chi connectivity index (χ3n) is 1.92. The van der Waals surface area contributed by atoms with E-state index in [-0.39, 0.29) is 0 Å². The Balaban J connectivity index is 3.08. The molecule has 1 nitrogen and oxygen atoms in total. The highest BCUT2D eigenvalue weighted by atomic mass is 32.1.